The first-order valence-electron chi connectivity index (χ1n) is 9.04. The van der Waals surface area contributed by atoms with Crippen LogP contribution in [0.3, 0.4) is 0 Å². The Kier molecular flexibility index (Phi) is 6.04. The molecule has 0 aliphatic rings. The zero-order valence-corrected chi connectivity index (χ0v) is 16.8. The fourth-order valence-electron chi connectivity index (χ4n) is 2.93. The first-order valence-corrected chi connectivity index (χ1v) is 10.4. The highest BCUT2D eigenvalue weighted by molar-refractivity contribution is 7.98. The van der Waals surface area contributed by atoms with E-state index in [1.807, 2.05) is 42.5 Å². The van der Waals surface area contributed by atoms with E-state index in [0.717, 1.165) is 40.3 Å². The van der Waals surface area contributed by atoms with Crippen LogP contribution in [0.5, 0.6) is 0 Å². The van der Waals surface area contributed by atoms with E-state index in [0.29, 0.717) is 0 Å². The van der Waals surface area contributed by atoms with E-state index >= 15 is 0 Å². The van der Waals surface area contributed by atoms with E-state index in [1.165, 1.54) is 11.1 Å². The molecule has 6 heteroatoms. The smallest absolute Gasteiger partial charge is 0.191 e. The second kappa shape index (κ2) is 9.04. The van der Waals surface area contributed by atoms with Gasteiger partial charge >= 0.3 is 0 Å². The maximum absolute atomic E-state index is 5.99. The third kappa shape index (κ3) is 4.61. The van der Waals surface area contributed by atoms with Crippen molar-refractivity contribution in [1.29, 1.82) is 0 Å². The predicted molar refractivity (Wildman–Crippen MR) is 114 cm³/mol. The molecule has 2 aromatic carbocycles. The topological polar surface area (TPSA) is 43.6 Å². The molecule has 0 atom stereocenters. The Morgan fingerprint density at radius 2 is 1.57 bits per heavy atom. The van der Waals surface area contributed by atoms with Gasteiger partial charge in [-0.05, 0) is 41.8 Å². The van der Waals surface area contributed by atoms with E-state index in [2.05, 4.69) is 44.0 Å². The molecule has 0 amide bonds. The molecule has 0 saturated carbocycles. The van der Waals surface area contributed by atoms with E-state index < -0.39 is 0 Å². The molecule has 0 fully saturated rings. The van der Waals surface area contributed by atoms with Crippen LogP contribution in [0.4, 0.5) is 0 Å². The fourth-order valence-corrected chi connectivity index (χ4v) is 3.97. The maximum Gasteiger partial charge on any atom is 0.191 e. The van der Waals surface area contributed by atoms with Crippen molar-refractivity contribution in [1.82, 2.24) is 19.7 Å². The van der Waals surface area contributed by atoms with Crippen LogP contribution in [-0.4, -0.2) is 19.7 Å². The van der Waals surface area contributed by atoms with Gasteiger partial charge in [0.25, 0.3) is 0 Å². The fraction of sp³-hybridized carbons (Fsp3) is 0.136. The Balaban J connectivity index is 1.58. The molecule has 0 spiro atoms. The van der Waals surface area contributed by atoms with Gasteiger partial charge in [-0.1, -0.05) is 65.8 Å². The van der Waals surface area contributed by atoms with Gasteiger partial charge in [0.15, 0.2) is 11.0 Å². The van der Waals surface area contributed by atoms with Crippen molar-refractivity contribution in [3.05, 3.63) is 95.3 Å². The third-order valence-corrected chi connectivity index (χ3v) is 5.69. The molecule has 4 nitrogen and oxygen atoms in total. The van der Waals surface area contributed by atoms with Gasteiger partial charge in [-0.3, -0.25) is 4.98 Å². The lowest BCUT2D eigenvalue weighted by Crippen LogP contribution is -2.05. The number of nitrogens with zero attached hydrogens (tertiary/aromatic N) is 4. The molecule has 0 N–H and O–H groups in total. The lowest BCUT2D eigenvalue weighted by molar-refractivity contribution is 0.639. The number of hydrogen-bond acceptors (Lipinski definition) is 4. The van der Waals surface area contributed by atoms with Gasteiger partial charge in [0, 0.05) is 35.3 Å². The van der Waals surface area contributed by atoms with Crippen molar-refractivity contribution in [2.24, 2.45) is 0 Å². The van der Waals surface area contributed by atoms with Crippen LogP contribution in [0.1, 0.15) is 11.1 Å². The molecule has 0 aliphatic carbocycles. The minimum absolute atomic E-state index is 0.750. The van der Waals surface area contributed by atoms with Crippen molar-refractivity contribution in [2.45, 2.75) is 23.9 Å². The number of aryl methyl sites for hydroxylation is 1. The molecule has 0 radical (unpaired) electrons. The number of rotatable bonds is 7. The molecule has 2 aromatic heterocycles. The van der Waals surface area contributed by atoms with Crippen molar-refractivity contribution in [3.8, 4) is 11.4 Å². The highest BCUT2D eigenvalue weighted by atomic mass is 35.5. The quantitative estimate of drug-likeness (QED) is 0.378. The summed E-state index contributed by atoms with van der Waals surface area (Å²) in [6.07, 6.45) is 4.49. The Bertz CT molecular complexity index is 1020. The van der Waals surface area contributed by atoms with E-state index in [4.69, 9.17) is 11.6 Å². The normalized spacial score (nSPS) is 10.9. The molecule has 0 aliphatic heterocycles. The van der Waals surface area contributed by atoms with E-state index in [-0.39, 0.29) is 0 Å². The van der Waals surface area contributed by atoms with Crippen molar-refractivity contribution >= 4 is 23.4 Å². The number of aromatic nitrogens is 4. The number of halogens is 1. The lowest BCUT2D eigenvalue weighted by Gasteiger charge is -2.10. The van der Waals surface area contributed by atoms with E-state index in [9.17, 15) is 0 Å². The average Bonchev–Trinajstić information content (AvgIpc) is 3.16. The summed E-state index contributed by atoms with van der Waals surface area (Å²) in [5, 5.41) is 10.6. The minimum atomic E-state index is 0.750. The molecule has 4 aromatic rings. The van der Waals surface area contributed by atoms with Crippen molar-refractivity contribution in [2.75, 3.05) is 0 Å². The summed E-state index contributed by atoms with van der Waals surface area (Å²) in [5.74, 6) is 1.69. The van der Waals surface area contributed by atoms with Crippen LogP contribution in [-0.2, 0) is 18.7 Å². The van der Waals surface area contributed by atoms with Gasteiger partial charge in [-0.25, -0.2) is 0 Å². The first-order chi connectivity index (χ1) is 13.8. The highest BCUT2D eigenvalue weighted by Crippen LogP contribution is 2.27. The largest absolute Gasteiger partial charge is 0.302 e. The van der Waals surface area contributed by atoms with Crippen LogP contribution in [0.25, 0.3) is 11.4 Å². The van der Waals surface area contributed by atoms with Gasteiger partial charge in [-0.15, -0.1) is 10.2 Å². The zero-order chi connectivity index (χ0) is 19.2. The van der Waals surface area contributed by atoms with Gasteiger partial charge < -0.3 is 4.57 Å². The highest BCUT2D eigenvalue weighted by Gasteiger charge is 2.14. The summed E-state index contributed by atoms with van der Waals surface area (Å²) < 4.78 is 2.20. The van der Waals surface area contributed by atoms with Gasteiger partial charge in [-0.2, -0.15) is 0 Å². The second-order valence-electron chi connectivity index (χ2n) is 6.34. The third-order valence-electron chi connectivity index (χ3n) is 4.40. The summed E-state index contributed by atoms with van der Waals surface area (Å²) in [6, 6.07) is 22.3. The number of pyridine rings is 1. The summed E-state index contributed by atoms with van der Waals surface area (Å²) in [6.45, 7) is 0.817. The van der Waals surface area contributed by atoms with E-state index in [1.54, 1.807) is 24.2 Å². The van der Waals surface area contributed by atoms with Crippen LogP contribution >= 0.6 is 23.4 Å². The van der Waals surface area contributed by atoms with Crippen molar-refractivity contribution < 1.29 is 0 Å². The molecule has 0 bridgehead atoms. The Hall–Kier alpha value is -2.63. The summed E-state index contributed by atoms with van der Waals surface area (Å²) >= 11 is 7.67. The SMILES string of the molecule is Clc1ccc(CSc2nnc(-c3ccncc3)n2CCc2ccccc2)cc1. The van der Waals surface area contributed by atoms with Crippen molar-refractivity contribution in [3.63, 3.8) is 0 Å². The molecule has 4 rings (SSSR count). The summed E-state index contributed by atoms with van der Waals surface area (Å²) in [4.78, 5) is 4.11. The molecular formula is C22H19ClN4S. The first kappa shape index (κ1) is 18.7. The Morgan fingerprint density at radius 3 is 2.32 bits per heavy atom. The summed E-state index contributed by atoms with van der Waals surface area (Å²) in [5.41, 5.74) is 3.52. The Morgan fingerprint density at radius 1 is 0.821 bits per heavy atom. The number of benzene rings is 2. The van der Waals surface area contributed by atoms with Crippen LogP contribution in [0.2, 0.25) is 5.02 Å². The Labute approximate surface area is 173 Å². The second-order valence-corrected chi connectivity index (χ2v) is 7.72. The molecule has 140 valence electrons. The summed E-state index contributed by atoms with van der Waals surface area (Å²) in [7, 11) is 0. The monoisotopic (exact) mass is 406 g/mol. The maximum atomic E-state index is 5.99. The number of thioether (sulfide) groups is 1. The minimum Gasteiger partial charge on any atom is -0.302 e. The lowest BCUT2D eigenvalue weighted by atomic mass is 10.1. The van der Waals surface area contributed by atoms with Gasteiger partial charge in [0.1, 0.15) is 0 Å². The van der Waals surface area contributed by atoms with Gasteiger partial charge in [0.2, 0.25) is 0 Å². The van der Waals surface area contributed by atoms with Crippen LogP contribution < -0.4 is 0 Å². The molecule has 0 unspecified atom stereocenters. The standard InChI is InChI=1S/C22H19ClN4S/c23-20-8-6-18(7-9-20)16-28-22-26-25-21(19-10-13-24-14-11-19)27(22)15-12-17-4-2-1-3-5-17/h1-11,13-14H,12,15-16H2. The molecular weight excluding hydrogens is 388 g/mol. The molecule has 2 heterocycles. The van der Waals surface area contributed by atoms with Crippen LogP contribution in [0, 0.1) is 0 Å². The number of hydrogen-bond donors (Lipinski definition) is 0. The van der Waals surface area contributed by atoms with Gasteiger partial charge in [0.05, 0.1) is 0 Å². The predicted octanol–water partition coefficient (Wildman–Crippen LogP) is 5.53. The average molecular weight is 407 g/mol. The molecule has 0 saturated heterocycles. The zero-order valence-electron chi connectivity index (χ0n) is 15.2. The van der Waals surface area contributed by atoms with Crippen LogP contribution in [0.15, 0.2) is 84.3 Å². The molecule has 28 heavy (non-hydrogen) atoms.